The third-order valence-corrected chi connectivity index (χ3v) is 4.77. The molecule has 0 radical (unpaired) electrons. The van der Waals surface area contributed by atoms with Gasteiger partial charge in [-0.05, 0) is 46.3 Å². The first-order chi connectivity index (χ1) is 14.0. The van der Waals surface area contributed by atoms with Gasteiger partial charge in [-0.25, -0.2) is 4.68 Å². The number of ether oxygens (including phenoxy) is 1. The van der Waals surface area contributed by atoms with Gasteiger partial charge in [-0.3, -0.25) is 9.59 Å². The second kappa shape index (κ2) is 7.84. The van der Waals surface area contributed by atoms with Crippen molar-refractivity contribution in [3.8, 4) is 5.75 Å². The summed E-state index contributed by atoms with van der Waals surface area (Å²) in [6.45, 7) is 0.301. The lowest BCUT2D eigenvalue weighted by molar-refractivity contribution is 0.0886. The Morgan fingerprint density at radius 2 is 1.93 bits per heavy atom. The smallest absolute Gasteiger partial charge is 0.218 e. The van der Waals surface area contributed by atoms with E-state index in [1.165, 1.54) is 4.68 Å². The van der Waals surface area contributed by atoms with Gasteiger partial charge >= 0.3 is 0 Å². The molecule has 0 bridgehead atoms. The number of nitrogens with one attached hydrogen (secondary N) is 1. The first kappa shape index (κ1) is 18.8. The largest absolute Gasteiger partial charge is 0.497 e. The topological polar surface area (TPSA) is 103 Å². The van der Waals surface area contributed by atoms with Crippen molar-refractivity contribution in [1.29, 1.82) is 0 Å². The molecule has 0 aliphatic heterocycles. The average Bonchev–Trinajstić information content (AvgIpc) is 3.35. The molecule has 0 amide bonds. The fraction of sp³-hybridized carbons (Fsp3) is 0.150. The van der Waals surface area contributed by atoms with Crippen LogP contribution in [0.2, 0.25) is 5.02 Å². The van der Waals surface area contributed by atoms with Crippen LogP contribution in [0.25, 0.3) is 10.9 Å². The number of methoxy groups -OCH3 is 1. The summed E-state index contributed by atoms with van der Waals surface area (Å²) in [4.78, 5) is 28.4. The lowest BCUT2D eigenvalue weighted by Gasteiger charge is -2.05. The summed E-state index contributed by atoms with van der Waals surface area (Å²) >= 11 is 6.03. The van der Waals surface area contributed by atoms with Crippen LogP contribution in [0.4, 0.5) is 0 Å². The van der Waals surface area contributed by atoms with Crippen molar-refractivity contribution in [2.45, 2.75) is 13.0 Å². The number of aromatic amines is 1. The lowest BCUT2D eigenvalue weighted by atomic mass is 10.0. The maximum absolute atomic E-state index is 12.7. The number of carbonyl (C=O) groups excluding carboxylic acids is 2. The number of tetrazole rings is 1. The fourth-order valence-electron chi connectivity index (χ4n) is 3.06. The number of hydrogen-bond donors (Lipinski definition) is 1. The predicted molar refractivity (Wildman–Crippen MR) is 106 cm³/mol. The summed E-state index contributed by atoms with van der Waals surface area (Å²) in [5.74, 6) is -0.0226. The minimum absolute atomic E-state index is 0.0343. The van der Waals surface area contributed by atoms with Gasteiger partial charge in [-0.15, -0.1) is 5.10 Å². The number of fused-ring (bicyclic) bond motifs is 1. The minimum atomic E-state index is -0.454. The van der Waals surface area contributed by atoms with Crippen molar-refractivity contribution in [2.24, 2.45) is 0 Å². The molecule has 2 aromatic carbocycles. The maximum atomic E-state index is 12.7. The Morgan fingerprint density at radius 1 is 1.14 bits per heavy atom. The maximum Gasteiger partial charge on any atom is 0.218 e. The fourth-order valence-corrected chi connectivity index (χ4v) is 3.23. The number of Topliss-reactive ketones (excluding diaryl/α,β-unsaturated/α-hetero) is 2. The number of nitrogens with zero attached hydrogens (tertiary/aromatic N) is 4. The monoisotopic (exact) mass is 409 g/mol. The van der Waals surface area contributed by atoms with Gasteiger partial charge in [-0.2, -0.15) is 0 Å². The predicted octanol–water partition coefficient (Wildman–Crippen LogP) is 3.32. The SMILES string of the molecule is COc1ccc(Cn2nnnc2C(=O)CC(=O)c2c[nH]c3ccc(Cl)cc23)cc1. The van der Waals surface area contributed by atoms with Crippen molar-refractivity contribution in [3.63, 3.8) is 0 Å². The molecule has 0 saturated carbocycles. The summed E-state index contributed by atoms with van der Waals surface area (Å²) in [6.07, 6.45) is 1.24. The normalized spacial score (nSPS) is 11.0. The minimum Gasteiger partial charge on any atom is -0.497 e. The van der Waals surface area contributed by atoms with Gasteiger partial charge in [-0.1, -0.05) is 23.7 Å². The number of halogens is 1. The molecule has 0 saturated heterocycles. The van der Waals surface area contributed by atoms with E-state index in [4.69, 9.17) is 16.3 Å². The first-order valence-corrected chi connectivity index (χ1v) is 9.15. The van der Waals surface area contributed by atoms with Crippen LogP contribution in [0.3, 0.4) is 0 Å². The van der Waals surface area contributed by atoms with Gasteiger partial charge in [0.15, 0.2) is 5.78 Å². The van der Waals surface area contributed by atoms with Gasteiger partial charge in [0.05, 0.1) is 20.1 Å². The molecule has 1 N–H and O–H groups in total. The van der Waals surface area contributed by atoms with Crippen molar-refractivity contribution < 1.29 is 14.3 Å². The van der Waals surface area contributed by atoms with Gasteiger partial charge in [0.1, 0.15) is 5.75 Å². The molecule has 8 nitrogen and oxygen atoms in total. The molecule has 0 aliphatic carbocycles. The van der Waals surface area contributed by atoms with Gasteiger partial charge < -0.3 is 9.72 Å². The standard InChI is InChI=1S/C20H16ClN5O3/c1-29-14-5-2-12(3-6-14)11-26-20(23-24-25-26)19(28)9-18(27)16-10-22-17-7-4-13(21)8-15(16)17/h2-8,10,22H,9,11H2,1H3. The summed E-state index contributed by atoms with van der Waals surface area (Å²) < 4.78 is 6.51. The van der Waals surface area contributed by atoms with Gasteiger partial charge in [0.2, 0.25) is 11.6 Å². The van der Waals surface area contributed by atoms with E-state index in [0.29, 0.717) is 22.5 Å². The van der Waals surface area contributed by atoms with Gasteiger partial charge in [0, 0.05) is 27.7 Å². The second-order valence-electron chi connectivity index (χ2n) is 6.42. The van der Waals surface area contributed by atoms with Crippen molar-refractivity contribution in [3.05, 3.63) is 70.6 Å². The Morgan fingerprint density at radius 3 is 2.69 bits per heavy atom. The Kier molecular flexibility index (Phi) is 5.09. The highest BCUT2D eigenvalue weighted by Gasteiger charge is 2.22. The molecule has 2 heterocycles. The van der Waals surface area contributed by atoms with Gasteiger partial charge in [0.25, 0.3) is 0 Å². The number of H-pyrrole nitrogens is 1. The quantitative estimate of drug-likeness (QED) is 0.371. The van der Waals surface area contributed by atoms with Crippen LogP contribution in [0.1, 0.15) is 33.0 Å². The highest BCUT2D eigenvalue weighted by atomic mass is 35.5. The Labute approximate surface area is 170 Å². The van der Waals surface area contributed by atoms with Crippen LogP contribution in [-0.4, -0.2) is 43.9 Å². The molecule has 4 rings (SSSR count). The molecule has 9 heteroatoms. The number of ketones is 2. The van der Waals surface area contributed by atoms with E-state index in [9.17, 15) is 9.59 Å². The lowest BCUT2D eigenvalue weighted by Crippen LogP contribution is -2.16. The number of aromatic nitrogens is 5. The molecular formula is C20H16ClN5O3. The number of hydrogen-bond acceptors (Lipinski definition) is 6. The average molecular weight is 410 g/mol. The van der Waals surface area contributed by atoms with Crippen LogP contribution in [-0.2, 0) is 6.54 Å². The summed E-state index contributed by atoms with van der Waals surface area (Å²) in [7, 11) is 1.59. The summed E-state index contributed by atoms with van der Waals surface area (Å²) in [5.41, 5.74) is 2.07. The number of benzene rings is 2. The van der Waals surface area contributed by atoms with Crippen LogP contribution in [0.15, 0.2) is 48.7 Å². The molecule has 0 spiro atoms. The van der Waals surface area contributed by atoms with Crippen molar-refractivity contribution in [1.82, 2.24) is 25.2 Å². The Balaban J connectivity index is 1.52. The van der Waals surface area contributed by atoms with E-state index >= 15 is 0 Å². The zero-order valence-electron chi connectivity index (χ0n) is 15.4. The van der Waals surface area contributed by atoms with E-state index < -0.39 is 5.78 Å². The Hall–Kier alpha value is -3.52. The van der Waals surface area contributed by atoms with Crippen LogP contribution < -0.4 is 4.74 Å². The molecule has 2 aromatic heterocycles. The summed E-state index contributed by atoms with van der Waals surface area (Å²) in [5, 5.41) is 12.5. The highest BCUT2D eigenvalue weighted by molar-refractivity contribution is 6.31. The molecular weight excluding hydrogens is 394 g/mol. The van der Waals surface area contributed by atoms with Crippen molar-refractivity contribution >= 4 is 34.1 Å². The van der Waals surface area contributed by atoms with Crippen LogP contribution >= 0.6 is 11.6 Å². The third-order valence-electron chi connectivity index (χ3n) is 4.54. The molecule has 4 aromatic rings. The number of carbonyl (C=O) groups is 2. The molecule has 0 aliphatic rings. The molecule has 29 heavy (non-hydrogen) atoms. The zero-order chi connectivity index (χ0) is 20.4. The third kappa shape index (κ3) is 3.88. The number of rotatable bonds is 7. The second-order valence-corrected chi connectivity index (χ2v) is 6.86. The highest BCUT2D eigenvalue weighted by Crippen LogP contribution is 2.23. The summed E-state index contributed by atoms with van der Waals surface area (Å²) in [6, 6.07) is 12.5. The molecule has 0 atom stereocenters. The molecule has 146 valence electrons. The van der Waals surface area contributed by atoms with E-state index in [1.807, 2.05) is 24.3 Å². The zero-order valence-corrected chi connectivity index (χ0v) is 16.2. The van der Waals surface area contributed by atoms with E-state index in [1.54, 1.807) is 31.5 Å². The van der Waals surface area contributed by atoms with Crippen molar-refractivity contribution in [2.75, 3.05) is 7.11 Å². The first-order valence-electron chi connectivity index (χ1n) is 8.77. The van der Waals surface area contributed by atoms with E-state index in [-0.39, 0.29) is 18.0 Å². The molecule has 0 unspecified atom stereocenters. The molecule has 0 fully saturated rings. The van der Waals surface area contributed by atoms with Crippen LogP contribution in [0, 0.1) is 0 Å². The Bertz CT molecular complexity index is 1200. The van der Waals surface area contributed by atoms with E-state index in [2.05, 4.69) is 20.5 Å². The van der Waals surface area contributed by atoms with E-state index in [0.717, 1.165) is 16.8 Å². The van der Waals surface area contributed by atoms with Crippen LogP contribution in [0.5, 0.6) is 5.75 Å².